The van der Waals surface area contributed by atoms with Crippen LogP contribution in [0.3, 0.4) is 0 Å². The Morgan fingerprint density at radius 2 is 2.36 bits per heavy atom. The summed E-state index contributed by atoms with van der Waals surface area (Å²) in [4.78, 5) is 0.906. The molecule has 80 valence electrons. The zero-order valence-electron chi connectivity index (χ0n) is 8.56. The predicted octanol–water partition coefficient (Wildman–Crippen LogP) is 1.56. The van der Waals surface area contributed by atoms with E-state index >= 15 is 0 Å². The van der Waals surface area contributed by atoms with E-state index in [1.54, 1.807) is 7.11 Å². The summed E-state index contributed by atoms with van der Waals surface area (Å²) in [5.41, 5.74) is 0.917. The largest absolute Gasteiger partial charge is 0.387 e. The third kappa shape index (κ3) is 3.01. The molecule has 5 heteroatoms. The highest BCUT2D eigenvalue weighted by Crippen LogP contribution is 2.24. The molecule has 4 nitrogen and oxygen atoms in total. The van der Waals surface area contributed by atoms with Crippen LogP contribution >= 0.6 is 11.5 Å². The van der Waals surface area contributed by atoms with Gasteiger partial charge in [0.25, 0.3) is 0 Å². The highest BCUT2D eigenvalue weighted by atomic mass is 32.1. The summed E-state index contributed by atoms with van der Waals surface area (Å²) in [6.45, 7) is 2.70. The molecule has 0 aromatic carbocycles. The van der Waals surface area contributed by atoms with Gasteiger partial charge in [-0.25, -0.2) is 0 Å². The summed E-state index contributed by atoms with van der Waals surface area (Å²) in [6.07, 6.45) is 1.97. The van der Waals surface area contributed by atoms with Crippen LogP contribution in [-0.4, -0.2) is 28.4 Å². The van der Waals surface area contributed by atoms with Gasteiger partial charge >= 0.3 is 0 Å². The number of aryl methyl sites for hydroxylation is 1. The molecule has 0 aliphatic carbocycles. The van der Waals surface area contributed by atoms with E-state index in [1.807, 2.05) is 6.92 Å². The smallest absolute Gasteiger partial charge is 0.0917 e. The van der Waals surface area contributed by atoms with Gasteiger partial charge in [0.15, 0.2) is 0 Å². The number of rotatable bonds is 6. The first kappa shape index (κ1) is 11.6. The third-order valence-corrected chi connectivity index (χ3v) is 2.92. The van der Waals surface area contributed by atoms with Gasteiger partial charge in [0.1, 0.15) is 0 Å². The molecule has 1 aromatic heterocycles. The molecule has 1 unspecified atom stereocenters. The first-order valence-corrected chi connectivity index (χ1v) is 5.55. The molecule has 0 fully saturated rings. The van der Waals surface area contributed by atoms with Gasteiger partial charge in [0.2, 0.25) is 0 Å². The van der Waals surface area contributed by atoms with Gasteiger partial charge in [-0.05, 0) is 30.8 Å². The minimum absolute atomic E-state index is 0.430. The van der Waals surface area contributed by atoms with Crippen molar-refractivity contribution in [2.45, 2.75) is 32.3 Å². The summed E-state index contributed by atoms with van der Waals surface area (Å²) in [7, 11) is 1.66. The van der Waals surface area contributed by atoms with Crippen LogP contribution < -0.4 is 0 Å². The highest BCUT2D eigenvalue weighted by molar-refractivity contribution is 7.05. The Morgan fingerprint density at radius 3 is 3.00 bits per heavy atom. The van der Waals surface area contributed by atoms with E-state index in [2.05, 4.69) is 9.59 Å². The van der Waals surface area contributed by atoms with Gasteiger partial charge in [-0.2, -0.15) is 0 Å². The molecule has 0 amide bonds. The predicted molar refractivity (Wildman–Crippen MR) is 55.4 cm³/mol. The molecule has 1 atom stereocenters. The first-order valence-electron chi connectivity index (χ1n) is 4.77. The van der Waals surface area contributed by atoms with Gasteiger partial charge < -0.3 is 9.84 Å². The molecule has 0 aliphatic rings. The fourth-order valence-corrected chi connectivity index (χ4v) is 2.02. The van der Waals surface area contributed by atoms with E-state index in [4.69, 9.17) is 4.74 Å². The van der Waals surface area contributed by atoms with Crippen molar-refractivity contribution in [3.63, 3.8) is 0 Å². The lowest BCUT2D eigenvalue weighted by atomic mass is 10.1. The molecule has 14 heavy (non-hydrogen) atoms. The molecular weight excluding hydrogens is 200 g/mol. The van der Waals surface area contributed by atoms with Crippen LogP contribution in [0.4, 0.5) is 0 Å². The van der Waals surface area contributed by atoms with E-state index in [9.17, 15) is 5.11 Å². The van der Waals surface area contributed by atoms with Crippen LogP contribution in [0.25, 0.3) is 0 Å². The average molecular weight is 216 g/mol. The molecule has 1 rings (SSSR count). The maximum Gasteiger partial charge on any atom is 0.0917 e. The Hall–Kier alpha value is -0.520. The van der Waals surface area contributed by atoms with Gasteiger partial charge in [-0.15, -0.1) is 5.10 Å². The van der Waals surface area contributed by atoms with Crippen LogP contribution in [0.1, 0.15) is 36.4 Å². The number of aliphatic hydroxyl groups excluding tert-OH is 1. The SMILES string of the molecule is CCc1nnsc1C(O)CCCOC. The second kappa shape index (κ2) is 6.06. The lowest BCUT2D eigenvalue weighted by Crippen LogP contribution is -2.00. The first-order chi connectivity index (χ1) is 6.79. The maximum absolute atomic E-state index is 9.82. The number of aliphatic hydroxyl groups is 1. The van der Waals surface area contributed by atoms with Gasteiger partial charge in [0, 0.05) is 13.7 Å². The fourth-order valence-electron chi connectivity index (χ4n) is 1.27. The lowest BCUT2D eigenvalue weighted by Gasteiger charge is -2.08. The lowest BCUT2D eigenvalue weighted by molar-refractivity contribution is 0.138. The molecule has 0 aliphatic heterocycles. The quantitative estimate of drug-likeness (QED) is 0.733. The number of hydrogen-bond donors (Lipinski definition) is 1. The minimum atomic E-state index is -0.430. The van der Waals surface area contributed by atoms with Crippen molar-refractivity contribution < 1.29 is 9.84 Å². The Kier molecular flexibility index (Phi) is 5.00. The summed E-state index contributed by atoms with van der Waals surface area (Å²) in [5, 5.41) is 13.8. The normalized spacial score (nSPS) is 13.1. The van der Waals surface area contributed by atoms with Crippen molar-refractivity contribution in [1.82, 2.24) is 9.59 Å². The van der Waals surface area contributed by atoms with Crippen LogP contribution in [0.15, 0.2) is 0 Å². The van der Waals surface area contributed by atoms with E-state index in [-0.39, 0.29) is 0 Å². The zero-order valence-corrected chi connectivity index (χ0v) is 9.38. The van der Waals surface area contributed by atoms with Crippen molar-refractivity contribution in [3.05, 3.63) is 10.6 Å². The van der Waals surface area contributed by atoms with Crippen molar-refractivity contribution >= 4 is 11.5 Å². The van der Waals surface area contributed by atoms with Gasteiger partial charge in [-0.3, -0.25) is 0 Å². The monoisotopic (exact) mass is 216 g/mol. The molecule has 0 spiro atoms. The second-order valence-electron chi connectivity index (χ2n) is 3.09. The van der Waals surface area contributed by atoms with Crippen LogP contribution in [0.2, 0.25) is 0 Å². The number of ether oxygens (including phenoxy) is 1. The van der Waals surface area contributed by atoms with Crippen molar-refractivity contribution in [2.24, 2.45) is 0 Å². The fraction of sp³-hybridized carbons (Fsp3) is 0.778. The molecule has 0 saturated carbocycles. The van der Waals surface area contributed by atoms with Gasteiger partial charge in [0.05, 0.1) is 16.7 Å². The molecule has 0 radical (unpaired) electrons. The Labute approximate surface area is 88.1 Å². The molecule has 1 aromatic rings. The zero-order chi connectivity index (χ0) is 10.4. The number of nitrogens with zero attached hydrogens (tertiary/aromatic N) is 2. The van der Waals surface area contributed by atoms with E-state index in [0.717, 1.165) is 23.4 Å². The molecule has 1 N–H and O–H groups in total. The van der Waals surface area contributed by atoms with E-state index < -0.39 is 6.10 Å². The average Bonchev–Trinajstić information content (AvgIpc) is 2.65. The van der Waals surface area contributed by atoms with Crippen molar-refractivity contribution in [1.29, 1.82) is 0 Å². The molecule has 1 heterocycles. The minimum Gasteiger partial charge on any atom is -0.387 e. The van der Waals surface area contributed by atoms with E-state index in [0.29, 0.717) is 13.0 Å². The highest BCUT2D eigenvalue weighted by Gasteiger charge is 2.14. The van der Waals surface area contributed by atoms with Crippen molar-refractivity contribution in [3.8, 4) is 0 Å². The Morgan fingerprint density at radius 1 is 1.57 bits per heavy atom. The molecular formula is C9H16N2O2S. The second-order valence-corrected chi connectivity index (χ2v) is 3.87. The summed E-state index contributed by atoms with van der Waals surface area (Å²) in [6, 6.07) is 0. The van der Waals surface area contributed by atoms with Crippen LogP contribution in [-0.2, 0) is 11.2 Å². The maximum atomic E-state index is 9.82. The summed E-state index contributed by atoms with van der Waals surface area (Å²) in [5.74, 6) is 0. The molecule has 0 saturated heterocycles. The standard InChI is InChI=1S/C9H16N2O2S/c1-3-7-9(14-11-10-7)8(12)5-4-6-13-2/h8,12H,3-6H2,1-2H3. The number of methoxy groups -OCH3 is 1. The topological polar surface area (TPSA) is 55.2 Å². The molecule has 0 bridgehead atoms. The summed E-state index contributed by atoms with van der Waals surface area (Å²) < 4.78 is 8.77. The van der Waals surface area contributed by atoms with E-state index in [1.165, 1.54) is 11.5 Å². The van der Waals surface area contributed by atoms with Crippen LogP contribution in [0, 0.1) is 0 Å². The Balaban J connectivity index is 2.47. The third-order valence-electron chi connectivity index (χ3n) is 2.05. The van der Waals surface area contributed by atoms with Gasteiger partial charge in [-0.1, -0.05) is 11.4 Å². The number of aromatic nitrogens is 2. The van der Waals surface area contributed by atoms with Crippen LogP contribution in [0.5, 0.6) is 0 Å². The van der Waals surface area contributed by atoms with Crippen molar-refractivity contribution in [2.75, 3.05) is 13.7 Å². The number of hydrogen-bond acceptors (Lipinski definition) is 5. The summed E-state index contributed by atoms with van der Waals surface area (Å²) >= 11 is 1.29. The Bertz CT molecular complexity index is 265.